The van der Waals surface area contributed by atoms with Crippen molar-refractivity contribution in [2.75, 3.05) is 29.9 Å². The largest absolute Gasteiger partial charge is 0.537 e. The highest BCUT2D eigenvalue weighted by molar-refractivity contribution is 5.92. The van der Waals surface area contributed by atoms with Gasteiger partial charge in [-0.05, 0) is 36.4 Å². The van der Waals surface area contributed by atoms with Gasteiger partial charge in [0.2, 0.25) is 0 Å². The Bertz CT molecular complexity index is 1150. The van der Waals surface area contributed by atoms with E-state index in [4.69, 9.17) is 0 Å². The van der Waals surface area contributed by atoms with E-state index in [0.717, 1.165) is 19.5 Å². The van der Waals surface area contributed by atoms with Crippen LogP contribution in [0.15, 0.2) is 78.9 Å². The summed E-state index contributed by atoms with van der Waals surface area (Å²) >= 11 is 0. The molecule has 142 valence electrons. The van der Waals surface area contributed by atoms with E-state index in [1.807, 2.05) is 0 Å². The molecule has 1 unspecified atom stereocenters. The minimum Gasteiger partial charge on any atom is -0.234 e. The summed E-state index contributed by atoms with van der Waals surface area (Å²) in [5.41, 5.74) is 6.22. The van der Waals surface area contributed by atoms with Crippen molar-refractivity contribution in [3.8, 4) is 0 Å². The van der Waals surface area contributed by atoms with Crippen LogP contribution < -0.4 is 9.80 Å². The Morgan fingerprint density at radius 1 is 0.690 bits per heavy atom. The Hall–Kier alpha value is -3.40. The second-order valence-electron chi connectivity index (χ2n) is 7.95. The zero-order chi connectivity index (χ0) is 19.4. The lowest BCUT2D eigenvalue weighted by molar-refractivity contribution is -0.842. The molecule has 29 heavy (non-hydrogen) atoms. The molecule has 0 N–H and O–H groups in total. The van der Waals surface area contributed by atoms with E-state index in [-0.39, 0.29) is 0 Å². The highest BCUT2D eigenvalue weighted by Crippen LogP contribution is 2.45. The standard InChI is InChI=1S/C25H24N4/c1-26-23-14-7-5-10-20(23)18-27-16-9-17-28-19-21-11-6-8-15-24(21)29(25(26,27)28)22-12-3-2-4-13-22/h2-8,10-15,18-19H,9,16-17H2,1H3/q+2. The second kappa shape index (κ2) is 6.05. The summed E-state index contributed by atoms with van der Waals surface area (Å²) < 4.78 is 5.02. The first-order valence-corrected chi connectivity index (χ1v) is 10.3. The van der Waals surface area contributed by atoms with Crippen LogP contribution in [0, 0.1) is 0 Å². The third-order valence-corrected chi connectivity index (χ3v) is 6.40. The molecule has 4 nitrogen and oxygen atoms in total. The van der Waals surface area contributed by atoms with E-state index in [0.29, 0.717) is 0 Å². The van der Waals surface area contributed by atoms with Crippen molar-refractivity contribution in [1.82, 2.24) is 0 Å². The Morgan fingerprint density at radius 3 is 1.93 bits per heavy atom. The molecule has 1 spiro atoms. The van der Waals surface area contributed by atoms with Gasteiger partial charge < -0.3 is 0 Å². The first kappa shape index (κ1) is 16.5. The van der Waals surface area contributed by atoms with Crippen molar-refractivity contribution < 1.29 is 9.15 Å². The van der Waals surface area contributed by atoms with Crippen LogP contribution in [-0.2, 0) is 0 Å². The van der Waals surface area contributed by atoms with Gasteiger partial charge in [0.25, 0.3) is 0 Å². The van der Waals surface area contributed by atoms with Gasteiger partial charge in [-0.25, -0.2) is 9.80 Å². The van der Waals surface area contributed by atoms with Crippen LogP contribution in [0.25, 0.3) is 0 Å². The molecule has 0 amide bonds. The number of hydrogen-bond acceptors (Lipinski definition) is 2. The summed E-state index contributed by atoms with van der Waals surface area (Å²) in [6.45, 7) is 2.04. The van der Waals surface area contributed by atoms with Crippen molar-refractivity contribution >= 4 is 29.5 Å². The number of benzene rings is 3. The van der Waals surface area contributed by atoms with E-state index < -0.39 is 5.91 Å². The van der Waals surface area contributed by atoms with Crippen LogP contribution in [0.5, 0.6) is 0 Å². The van der Waals surface area contributed by atoms with E-state index >= 15 is 0 Å². The molecule has 1 saturated heterocycles. The molecule has 0 radical (unpaired) electrons. The van der Waals surface area contributed by atoms with Gasteiger partial charge in [-0.2, -0.15) is 0 Å². The zero-order valence-corrected chi connectivity index (χ0v) is 16.6. The van der Waals surface area contributed by atoms with E-state index in [9.17, 15) is 0 Å². The Balaban J connectivity index is 1.71. The lowest BCUT2D eigenvalue weighted by Crippen LogP contribution is -2.76. The summed E-state index contributed by atoms with van der Waals surface area (Å²) in [5, 5.41) is 0. The first-order chi connectivity index (χ1) is 14.3. The molecule has 3 heterocycles. The lowest BCUT2D eigenvalue weighted by Gasteiger charge is -2.47. The van der Waals surface area contributed by atoms with Crippen molar-refractivity contribution in [2.24, 2.45) is 0 Å². The molecule has 3 aromatic rings. The van der Waals surface area contributed by atoms with E-state index in [2.05, 4.69) is 117 Å². The summed E-state index contributed by atoms with van der Waals surface area (Å²) in [7, 11) is 2.23. The molecule has 0 bridgehead atoms. The number of fused-ring (bicyclic) bond motifs is 2. The SMILES string of the molecule is CN1c2ccccc2C=[N+]2CCC[N+]3=Cc4ccccc4N(c4ccccc4)C123. The Labute approximate surface area is 171 Å². The van der Waals surface area contributed by atoms with Gasteiger partial charge in [0.05, 0.1) is 34.6 Å². The molecule has 0 aliphatic carbocycles. The van der Waals surface area contributed by atoms with E-state index in [1.165, 1.54) is 28.2 Å². The van der Waals surface area contributed by atoms with Crippen molar-refractivity contribution in [1.29, 1.82) is 0 Å². The highest BCUT2D eigenvalue weighted by atomic mass is 15.7. The minimum atomic E-state index is -0.442. The summed E-state index contributed by atoms with van der Waals surface area (Å²) in [6, 6.07) is 28.2. The Morgan fingerprint density at radius 2 is 1.24 bits per heavy atom. The number of para-hydroxylation sites is 3. The molecule has 0 aromatic heterocycles. The van der Waals surface area contributed by atoms with Crippen LogP contribution in [0.2, 0.25) is 0 Å². The van der Waals surface area contributed by atoms with Crippen LogP contribution in [-0.4, -0.2) is 47.6 Å². The predicted molar refractivity (Wildman–Crippen MR) is 118 cm³/mol. The van der Waals surface area contributed by atoms with Crippen molar-refractivity contribution in [2.45, 2.75) is 12.3 Å². The van der Waals surface area contributed by atoms with Gasteiger partial charge >= 0.3 is 5.91 Å². The number of nitrogens with zero attached hydrogens (tertiary/aromatic N) is 4. The lowest BCUT2D eigenvalue weighted by atomic mass is 10.0. The van der Waals surface area contributed by atoms with Crippen molar-refractivity contribution in [3.63, 3.8) is 0 Å². The fourth-order valence-electron chi connectivity index (χ4n) is 5.22. The number of rotatable bonds is 1. The first-order valence-electron chi connectivity index (χ1n) is 10.3. The molecule has 6 rings (SSSR count). The third-order valence-electron chi connectivity index (χ3n) is 6.40. The molecular weight excluding hydrogens is 356 g/mol. The zero-order valence-electron chi connectivity index (χ0n) is 16.6. The van der Waals surface area contributed by atoms with Gasteiger partial charge in [0, 0.05) is 7.05 Å². The highest BCUT2D eigenvalue weighted by Gasteiger charge is 2.67. The minimum absolute atomic E-state index is 0.442. The number of hydrogen-bond donors (Lipinski definition) is 0. The number of anilines is 3. The van der Waals surface area contributed by atoms with Crippen LogP contribution in [0.1, 0.15) is 17.5 Å². The van der Waals surface area contributed by atoms with Gasteiger partial charge in [0.1, 0.15) is 0 Å². The van der Waals surface area contributed by atoms with Crippen LogP contribution in [0.4, 0.5) is 17.1 Å². The van der Waals surface area contributed by atoms with Crippen LogP contribution >= 0.6 is 0 Å². The predicted octanol–water partition coefficient (Wildman–Crippen LogP) is 3.87. The topological polar surface area (TPSA) is 12.5 Å². The average Bonchev–Trinajstić information content (AvgIpc) is 2.78. The smallest absolute Gasteiger partial charge is 0.234 e. The molecule has 1 fully saturated rings. The molecule has 3 aliphatic heterocycles. The molecular formula is C25H24N4+2. The maximum atomic E-state index is 2.51. The maximum Gasteiger partial charge on any atom is 0.537 e. The summed E-state index contributed by atoms with van der Waals surface area (Å²) in [6.07, 6.45) is 5.83. The second-order valence-corrected chi connectivity index (χ2v) is 7.95. The van der Waals surface area contributed by atoms with Crippen LogP contribution in [0.3, 0.4) is 0 Å². The van der Waals surface area contributed by atoms with Gasteiger partial charge in [-0.3, -0.25) is 0 Å². The fourth-order valence-corrected chi connectivity index (χ4v) is 5.22. The van der Waals surface area contributed by atoms with Gasteiger partial charge in [-0.1, -0.05) is 42.5 Å². The summed E-state index contributed by atoms with van der Waals surface area (Å²) in [5.74, 6) is -0.442. The van der Waals surface area contributed by atoms with E-state index in [1.54, 1.807) is 0 Å². The third kappa shape index (κ3) is 2.14. The quantitative estimate of drug-likeness (QED) is 0.595. The molecule has 3 aliphatic rings. The molecule has 0 saturated carbocycles. The van der Waals surface area contributed by atoms with Crippen molar-refractivity contribution in [3.05, 3.63) is 90.0 Å². The fraction of sp³-hybridized carbons (Fsp3) is 0.200. The van der Waals surface area contributed by atoms with Gasteiger partial charge in [-0.15, -0.1) is 9.15 Å². The monoisotopic (exact) mass is 380 g/mol. The van der Waals surface area contributed by atoms with Gasteiger partial charge in [0.15, 0.2) is 25.5 Å². The Kier molecular flexibility index (Phi) is 3.45. The molecule has 4 heteroatoms. The molecule has 3 aromatic carbocycles. The normalized spacial score (nSPS) is 22.0. The average molecular weight is 380 g/mol. The maximum absolute atomic E-state index is 2.51. The summed E-state index contributed by atoms with van der Waals surface area (Å²) in [4.78, 5) is 4.95. The molecule has 1 atom stereocenters.